The molecule has 166 valence electrons. The van der Waals surface area contributed by atoms with Crippen LogP contribution >= 0.6 is 0 Å². The molecule has 0 radical (unpaired) electrons. The molecule has 9 heteroatoms. The highest BCUT2D eigenvalue weighted by atomic mass is 19.4. The van der Waals surface area contributed by atoms with E-state index in [2.05, 4.69) is 5.32 Å². The maximum atomic E-state index is 13.5. The first-order chi connectivity index (χ1) is 14.1. The largest absolute Gasteiger partial charge is 0.408 e. The van der Waals surface area contributed by atoms with Gasteiger partial charge in [0.2, 0.25) is 5.91 Å². The van der Waals surface area contributed by atoms with Crippen molar-refractivity contribution in [3.63, 3.8) is 0 Å². The average molecular weight is 429 g/mol. The van der Waals surface area contributed by atoms with Gasteiger partial charge in [-0.15, -0.1) is 0 Å². The number of benzene rings is 1. The number of likely N-dealkylation sites (tertiary alicyclic amines) is 2. The van der Waals surface area contributed by atoms with Crippen LogP contribution in [0.2, 0.25) is 0 Å². The van der Waals surface area contributed by atoms with E-state index in [1.165, 1.54) is 12.1 Å². The molecule has 1 aromatic rings. The van der Waals surface area contributed by atoms with Gasteiger partial charge >= 0.3 is 6.18 Å². The fraction of sp³-hybridized carbons (Fsp3) is 0.619. The highest BCUT2D eigenvalue weighted by Gasteiger charge is 2.47. The number of piperidine rings is 1. The Hall–Kier alpha value is -2.16. The number of halogens is 4. The zero-order chi connectivity index (χ0) is 21.9. The van der Waals surface area contributed by atoms with Crippen molar-refractivity contribution in [2.24, 2.45) is 5.92 Å². The second-order valence-corrected chi connectivity index (χ2v) is 8.23. The van der Waals surface area contributed by atoms with E-state index in [9.17, 15) is 27.2 Å². The van der Waals surface area contributed by atoms with Crippen LogP contribution in [0.4, 0.5) is 17.6 Å². The van der Waals surface area contributed by atoms with Crippen molar-refractivity contribution in [1.29, 1.82) is 0 Å². The number of hydrogen-bond acceptors (Lipinski definition) is 3. The first-order valence-electron chi connectivity index (χ1n) is 10.3. The summed E-state index contributed by atoms with van der Waals surface area (Å²) in [6.45, 7) is 3.50. The Labute approximate surface area is 173 Å². The molecule has 1 aromatic carbocycles. The fourth-order valence-corrected chi connectivity index (χ4v) is 4.24. The van der Waals surface area contributed by atoms with Crippen LogP contribution in [-0.2, 0) is 4.79 Å². The number of hydrogen-bond donors (Lipinski definition) is 1. The number of nitrogens with zero attached hydrogens (tertiary/aromatic N) is 2. The van der Waals surface area contributed by atoms with Gasteiger partial charge in [-0.1, -0.05) is 0 Å². The maximum Gasteiger partial charge on any atom is 0.408 e. The average Bonchev–Trinajstić information content (AvgIpc) is 3.17. The van der Waals surface area contributed by atoms with Gasteiger partial charge in [-0.05, 0) is 75.4 Å². The Morgan fingerprint density at radius 3 is 2.43 bits per heavy atom. The van der Waals surface area contributed by atoms with Gasteiger partial charge < -0.3 is 10.2 Å². The summed E-state index contributed by atoms with van der Waals surface area (Å²) in [5, 5.41) is 2.82. The van der Waals surface area contributed by atoms with E-state index >= 15 is 0 Å². The van der Waals surface area contributed by atoms with Crippen LogP contribution in [0.5, 0.6) is 0 Å². The molecule has 1 unspecified atom stereocenters. The van der Waals surface area contributed by atoms with Gasteiger partial charge in [0.25, 0.3) is 5.91 Å². The third kappa shape index (κ3) is 5.71. The molecule has 2 amide bonds. The van der Waals surface area contributed by atoms with Crippen molar-refractivity contribution in [1.82, 2.24) is 15.1 Å². The molecule has 2 aliphatic heterocycles. The Morgan fingerprint density at radius 1 is 1.10 bits per heavy atom. The van der Waals surface area contributed by atoms with E-state index < -0.39 is 23.9 Å². The van der Waals surface area contributed by atoms with Crippen molar-refractivity contribution in [2.45, 2.75) is 44.8 Å². The maximum absolute atomic E-state index is 13.5. The van der Waals surface area contributed by atoms with Crippen LogP contribution in [0.25, 0.3) is 0 Å². The van der Waals surface area contributed by atoms with E-state index in [1.54, 1.807) is 13.0 Å². The van der Waals surface area contributed by atoms with Crippen molar-refractivity contribution in [3.8, 4) is 0 Å². The van der Waals surface area contributed by atoms with Crippen LogP contribution in [0, 0.1) is 18.7 Å². The molecule has 30 heavy (non-hydrogen) atoms. The van der Waals surface area contributed by atoms with Crippen molar-refractivity contribution < 1.29 is 27.2 Å². The highest BCUT2D eigenvalue weighted by molar-refractivity contribution is 5.94. The summed E-state index contributed by atoms with van der Waals surface area (Å²) in [5.41, 5.74) is 0.948. The summed E-state index contributed by atoms with van der Waals surface area (Å²) in [5.74, 6) is -1.04. The minimum atomic E-state index is -4.38. The smallest absolute Gasteiger partial charge is 0.352 e. The summed E-state index contributed by atoms with van der Waals surface area (Å²) in [4.78, 5) is 27.4. The minimum absolute atomic E-state index is 0.00573. The normalized spacial score (nSPS) is 21.1. The molecule has 2 heterocycles. The molecule has 0 saturated carbocycles. The molecule has 2 saturated heterocycles. The van der Waals surface area contributed by atoms with E-state index in [-0.39, 0.29) is 36.9 Å². The van der Waals surface area contributed by atoms with Crippen molar-refractivity contribution in [3.05, 3.63) is 35.1 Å². The molecular formula is C21H27F4N3O2. The Kier molecular flexibility index (Phi) is 7.00. The number of aryl methyl sites for hydroxylation is 1. The number of carbonyl (C=O) groups excluding carboxylic acids is 2. The minimum Gasteiger partial charge on any atom is -0.352 e. The molecule has 2 aliphatic rings. The van der Waals surface area contributed by atoms with Gasteiger partial charge in [0.1, 0.15) is 11.9 Å². The van der Waals surface area contributed by atoms with Crippen LogP contribution in [0.1, 0.15) is 41.6 Å². The Bertz CT molecular complexity index is 756. The predicted molar refractivity (Wildman–Crippen MR) is 103 cm³/mol. The summed E-state index contributed by atoms with van der Waals surface area (Å²) >= 11 is 0. The van der Waals surface area contributed by atoms with Gasteiger partial charge in [0.15, 0.2) is 0 Å². The number of rotatable bonds is 5. The monoisotopic (exact) mass is 429 g/mol. The molecule has 0 aromatic heterocycles. The van der Waals surface area contributed by atoms with E-state index in [1.807, 2.05) is 4.90 Å². The van der Waals surface area contributed by atoms with Crippen LogP contribution in [0.15, 0.2) is 18.2 Å². The lowest BCUT2D eigenvalue weighted by Crippen LogP contribution is -2.49. The van der Waals surface area contributed by atoms with E-state index in [4.69, 9.17) is 0 Å². The fourth-order valence-electron chi connectivity index (χ4n) is 4.24. The number of nitrogens with one attached hydrogen (secondary N) is 1. The van der Waals surface area contributed by atoms with Crippen molar-refractivity contribution >= 4 is 11.8 Å². The SMILES string of the molecule is Cc1cc(F)cc(C(=O)NCC2CCN(CC(=O)N3CCCC3C(F)(F)F)CC2)c1. The Morgan fingerprint density at radius 2 is 1.80 bits per heavy atom. The van der Waals surface area contributed by atoms with E-state index in [0.29, 0.717) is 31.6 Å². The zero-order valence-corrected chi connectivity index (χ0v) is 17.0. The molecule has 1 N–H and O–H groups in total. The lowest BCUT2D eigenvalue weighted by atomic mass is 9.96. The van der Waals surface area contributed by atoms with Crippen LogP contribution in [0.3, 0.4) is 0 Å². The van der Waals surface area contributed by atoms with Crippen LogP contribution < -0.4 is 5.32 Å². The number of amides is 2. The van der Waals surface area contributed by atoms with Gasteiger partial charge in [-0.25, -0.2) is 4.39 Å². The summed E-state index contributed by atoms with van der Waals surface area (Å²) < 4.78 is 52.6. The predicted octanol–water partition coefficient (Wildman–Crippen LogP) is 3.13. The quantitative estimate of drug-likeness (QED) is 0.732. The van der Waals surface area contributed by atoms with Gasteiger partial charge in [-0.2, -0.15) is 13.2 Å². The summed E-state index contributed by atoms with van der Waals surface area (Å²) in [6.07, 6.45) is -2.56. The second kappa shape index (κ2) is 9.32. The van der Waals surface area contributed by atoms with Crippen molar-refractivity contribution in [2.75, 3.05) is 32.7 Å². The molecule has 0 aliphatic carbocycles. The van der Waals surface area contributed by atoms with Gasteiger partial charge in [-0.3, -0.25) is 14.5 Å². The summed E-state index contributed by atoms with van der Waals surface area (Å²) in [7, 11) is 0. The van der Waals surface area contributed by atoms with E-state index in [0.717, 1.165) is 17.7 Å². The number of alkyl halides is 3. The molecule has 1 atom stereocenters. The molecular weight excluding hydrogens is 402 g/mol. The first kappa shape index (κ1) is 22.5. The third-order valence-electron chi connectivity index (χ3n) is 5.87. The first-order valence-corrected chi connectivity index (χ1v) is 10.3. The van der Waals surface area contributed by atoms with Gasteiger partial charge in [0, 0.05) is 18.7 Å². The lowest BCUT2D eigenvalue weighted by molar-refractivity contribution is -0.183. The molecule has 0 bridgehead atoms. The molecule has 3 rings (SSSR count). The standard InChI is InChI=1S/C21H27F4N3O2/c1-14-9-16(11-17(22)10-14)20(30)26-12-15-4-7-27(8-5-15)13-19(29)28-6-2-3-18(28)21(23,24)25/h9-11,15,18H,2-8,12-13H2,1H3,(H,26,30). The lowest BCUT2D eigenvalue weighted by Gasteiger charge is -2.34. The Balaban J connectivity index is 1.42. The topological polar surface area (TPSA) is 52.7 Å². The third-order valence-corrected chi connectivity index (χ3v) is 5.87. The second-order valence-electron chi connectivity index (χ2n) is 8.23. The molecule has 5 nitrogen and oxygen atoms in total. The highest BCUT2D eigenvalue weighted by Crippen LogP contribution is 2.32. The zero-order valence-electron chi connectivity index (χ0n) is 17.0. The van der Waals surface area contributed by atoms with Crippen LogP contribution in [-0.4, -0.2) is 66.6 Å². The molecule has 0 spiro atoms. The molecule has 2 fully saturated rings. The number of carbonyl (C=O) groups is 2. The van der Waals surface area contributed by atoms with Gasteiger partial charge in [0.05, 0.1) is 6.54 Å². The summed E-state index contributed by atoms with van der Waals surface area (Å²) in [6, 6.07) is 2.51.